The molecule has 0 aromatic rings. The molecule has 0 amide bonds. The maximum absolute atomic E-state index is 10.3. The first-order valence-electron chi connectivity index (χ1n) is 3.99. The van der Waals surface area contributed by atoms with E-state index in [0.717, 1.165) is 0 Å². The largest absolute Gasteiger partial charge is 0.398 e. The second kappa shape index (κ2) is 6.20. The minimum atomic E-state index is -4.99. The van der Waals surface area contributed by atoms with Gasteiger partial charge in [-0.1, -0.05) is 0 Å². The summed E-state index contributed by atoms with van der Waals surface area (Å²) in [5.74, 6) is 0. The zero-order valence-electron chi connectivity index (χ0n) is 7.87. The topological polar surface area (TPSA) is 162 Å². The average Bonchev–Trinajstić information content (AvgIpc) is 2.21. The lowest BCUT2D eigenvalue weighted by molar-refractivity contribution is -0.133. The van der Waals surface area contributed by atoms with E-state index in [1.54, 1.807) is 0 Å². The molecule has 0 unspecified atom stereocenters. The van der Waals surface area contributed by atoms with Gasteiger partial charge >= 0.3 is 10.4 Å². The molecule has 0 rings (SSSR count). The number of rotatable bonds is 7. The highest BCUT2D eigenvalue weighted by atomic mass is 32.3. The highest BCUT2D eigenvalue weighted by Gasteiger charge is 2.34. The monoisotopic (exact) mass is 260 g/mol. The third-order valence-corrected chi connectivity index (χ3v) is 2.10. The maximum atomic E-state index is 10.3. The summed E-state index contributed by atoms with van der Waals surface area (Å²) in [5.41, 5.74) is 0. The Hall–Kier alpha value is -0.620. The summed E-state index contributed by atoms with van der Waals surface area (Å²) >= 11 is 0. The van der Waals surface area contributed by atoms with Crippen LogP contribution in [-0.4, -0.2) is 70.7 Å². The molecule has 0 aliphatic carbocycles. The number of hydrogen-bond acceptors (Lipinski definition) is 8. The van der Waals surface area contributed by atoms with Crippen LogP contribution in [-0.2, 0) is 19.4 Å². The Morgan fingerprint density at radius 3 is 2.00 bits per heavy atom. The molecule has 0 saturated carbocycles. The normalized spacial score (nSPS) is 19.8. The van der Waals surface area contributed by atoms with E-state index in [9.17, 15) is 18.3 Å². The average molecular weight is 260 g/mol. The quantitative estimate of drug-likeness (QED) is 0.230. The molecule has 0 bridgehead atoms. The Labute approximate surface area is 90.9 Å². The molecule has 0 heterocycles. The van der Waals surface area contributed by atoms with Gasteiger partial charge in [0.2, 0.25) is 0 Å². The van der Waals surface area contributed by atoms with Crippen molar-refractivity contribution in [2.75, 3.05) is 6.61 Å². The third kappa shape index (κ3) is 4.94. The van der Waals surface area contributed by atoms with Gasteiger partial charge in [0.05, 0.1) is 6.61 Å². The minimum absolute atomic E-state index is 0.189. The lowest BCUT2D eigenvalue weighted by Gasteiger charge is -2.24. The lowest BCUT2D eigenvalue weighted by atomic mass is 10.0. The van der Waals surface area contributed by atoms with Crippen LogP contribution in [0.25, 0.3) is 0 Å². The second-order valence-electron chi connectivity index (χ2n) is 2.86. The van der Waals surface area contributed by atoms with Gasteiger partial charge in [-0.25, -0.2) is 4.18 Å². The van der Waals surface area contributed by atoms with Gasteiger partial charge in [-0.05, 0) is 0 Å². The Balaban J connectivity index is 4.65. The van der Waals surface area contributed by atoms with Crippen LogP contribution in [0, 0.1) is 0 Å². The molecule has 96 valence electrons. The number of carbonyl (C=O) groups excluding carboxylic acids is 1. The molecule has 5 N–H and O–H groups in total. The van der Waals surface area contributed by atoms with Crippen molar-refractivity contribution in [2.45, 2.75) is 24.4 Å². The Morgan fingerprint density at radius 2 is 1.69 bits per heavy atom. The van der Waals surface area contributed by atoms with Gasteiger partial charge in [-0.15, -0.1) is 0 Å². The molecule has 0 aromatic heterocycles. The lowest BCUT2D eigenvalue weighted by Crippen LogP contribution is -2.47. The van der Waals surface area contributed by atoms with E-state index in [2.05, 4.69) is 4.18 Å². The summed E-state index contributed by atoms with van der Waals surface area (Å²) in [6.07, 6.45) is -8.21. The first kappa shape index (κ1) is 15.4. The molecule has 0 aliphatic rings. The summed E-state index contributed by atoms with van der Waals surface area (Å²) in [6, 6.07) is 0. The molecular formula is C6H12O9S. The summed E-state index contributed by atoms with van der Waals surface area (Å²) in [6.45, 7) is -0.921. The second-order valence-corrected chi connectivity index (χ2v) is 3.90. The van der Waals surface area contributed by atoms with Gasteiger partial charge in [-0.2, -0.15) is 8.42 Å². The Kier molecular flexibility index (Phi) is 5.96. The van der Waals surface area contributed by atoms with E-state index in [1.165, 1.54) is 0 Å². The minimum Gasteiger partial charge on any atom is -0.394 e. The Morgan fingerprint density at radius 1 is 1.19 bits per heavy atom. The van der Waals surface area contributed by atoms with Crippen molar-refractivity contribution in [3.8, 4) is 0 Å². The van der Waals surface area contributed by atoms with Crippen molar-refractivity contribution < 1.29 is 42.4 Å². The van der Waals surface area contributed by atoms with E-state index < -0.39 is 41.4 Å². The third-order valence-electron chi connectivity index (χ3n) is 1.63. The zero-order chi connectivity index (χ0) is 12.9. The van der Waals surface area contributed by atoms with Crippen LogP contribution in [0.3, 0.4) is 0 Å². The van der Waals surface area contributed by atoms with Crippen LogP contribution in [0.15, 0.2) is 0 Å². The predicted molar refractivity (Wildman–Crippen MR) is 47.6 cm³/mol. The van der Waals surface area contributed by atoms with Crippen molar-refractivity contribution in [2.24, 2.45) is 0 Å². The van der Waals surface area contributed by atoms with Crippen molar-refractivity contribution in [3.63, 3.8) is 0 Å². The molecule has 0 spiro atoms. The number of aliphatic hydroxyl groups excluding tert-OH is 4. The highest BCUT2D eigenvalue weighted by Crippen LogP contribution is 2.08. The molecule has 0 radical (unpaired) electrons. The molecule has 0 saturated heterocycles. The molecule has 4 atom stereocenters. The summed E-state index contributed by atoms with van der Waals surface area (Å²) in [4.78, 5) is 10.3. The predicted octanol–water partition coefficient (Wildman–Crippen LogP) is -3.55. The maximum Gasteiger partial charge on any atom is 0.398 e. The first-order chi connectivity index (χ1) is 7.22. The number of carbonyl (C=O) groups is 1. The van der Waals surface area contributed by atoms with Gasteiger partial charge in [0, 0.05) is 0 Å². The van der Waals surface area contributed by atoms with Gasteiger partial charge < -0.3 is 25.2 Å². The van der Waals surface area contributed by atoms with Crippen LogP contribution in [0.4, 0.5) is 0 Å². The Bertz CT molecular complexity index is 312. The summed E-state index contributed by atoms with van der Waals surface area (Å²) < 4.78 is 32.4. The van der Waals surface area contributed by atoms with Gasteiger partial charge in [0.1, 0.15) is 18.3 Å². The number of hydrogen-bond donors (Lipinski definition) is 5. The van der Waals surface area contributed by atoms with Gasteiger partial charge in [0.15, 0.2) is 12.4 Å². The van der Waals surface area contributed by atoms with Crippen molar-refractivity contribution in [1.29, 1.82) is 0 Å². The molecule has 0 aliphatic heterocycles. The van der Waals surface area contributed by atoms with E-state index in [0.29, 0.717) is 0 Å². The van der Waals surface area contributed by atoms with E-state index >= 15 is 0 Å². The highest BCUT2D eigenvalue weighted by molar-refractivity contribution is 7.80. The van der Waals surface area contributed by atoms with Crippen molar-refractivity contribution >= 4 is 16.7 Å². The molecule has 0 fully saturated rings. The van der Waals surface area contributed by atoms with E-state index in [4.69, 9.17) is 19.9 Å². The molecule has 0 aromatic carbocycles. The zero-order valence-corrected chi connectivity index (χ0v) is 8.69. The number of aldehydes is 1. The molecular weight excluding hydrogens is 248 g/mol. The van der Waals surface area contributed by atoms with Crippen molar-refractivity contribution in [3.05, 3.63) is 0 Å². The summed E-state index contributed by atoms with van der Waals surface area (Å²) in [5, 5.41) is 35.6. The molecule has 9 nitrogen and oxygen atoms in total. The first-order valence-corrected chi connectivity index (χ1v) is 5.35. The van der Waals surface area contributed by atoms with Crippen LogP contribution >= 0.6 is 0 Å². The van der Waals surface area contributed by atoms with Crippen LogP contribution in [0.5, 0.6) is 0 Å². The van der Waals surface area contributed by atoms with Crippen molar-refractivity contribution in [1.82, 2.24) is 0 Å². The summed E-state index contributed by atoms with van der Waals surface area (Å²) in [7, 11) is -4.99. The smallest absolute Gasteiger partial charge is 0.394 e. The molecule has 16 heavy (non-hydrogen) atoms. The number of aliphatic hydroxyl groups is 4. The van der Waals surface area contributed by atoms with E-state index in [-0.39, 0.29) is 6.29 Å². The standard InChI is InChI=1S/C6H12O9S/c7-1-3(9)5(10)6(11)4(2-8)15-16(12,13)14/h2-7,9-11H,1H2,(H,12,13,14)/t3-,4-,5-,6-/m1/s1. The van der Waals surface area contributed by atoms with Crippen LogP contribution in [0.2, 0.25) is 0 Å². The van der Waals surface area contributed by atoms with Crippen LogP contribution in [0.1, 0.15) is 0 Å². The van der Waals surface area contributed by atoms with Gasteiger partial charge in [0.25, 0.3) is 0 Å². The van der Waals surface area contributed by atoms with Gasteiger partial charge in [-0.3, -0.25) is 4.55 Å². The SMILES string of the molecule is O=C[C@@H](OS(=O)(=O)O)[C@@H](O)[C@H](O)[C@H](O)CO. The molecule has 10 heteroatoms. The van der Waals surface area contributed by atoms with E-state index in [1.807, 2.05) is 0 Å². The fourth-order valence-corrected chi connectivity index (χ4v) is 1.27. The fourth-order valence-electron chi connectivity index (χ4n) is 0.830. The fraction of sp³-hybridized carbons (Fsp3) is 0.833. The van der Waals surface area contributed by atoms with Crippen LogP contribution < -0.4 is 0 Å².